The van der Waals surface area contributed by atoms with Crippen molar-refractivity contribution in [3.8, 4) is 17.5 Å². The summed E-state index contributed by atoms with van der Waals surface area (Å²) >= 11 is 0. The normalized spacial score (nSPS) is 19.0. The number of carbonyl (C=O) groups excluding carboxylic acids is 1. The quantitative estimate of drug-likeness (QED) is 0.809. The molecular formula is C19H24N4O4. The molecule has 1 fully saturated rings. The number of hydrogen-bond donors (Lipinski definition) is 2. The molecular weight excluding hydrogens is 348 g/mol. The van der Waals surface area contributed by atoms with Gasteiger partial charge in [0, 0.05) is 17.8 Å². The molecule has 1 aliphatic rings. The molecule has 0 aliphatic heterocycles. The number of amides is 2. The van der Waals surface area contributed by atoms with Crippen LogP contribution in [0.5, 0.6) is 17.5 Å². The second-order valence-electron chi connectivity index (χ2n) is 6.32. The van der Waals surface area contributed by atoms with Gasteiger partial charge in [0.1, 0.15) is 11.9 Å². The maximum absolute atomic E-state index is 12.2. The molecule has 8 nitrogen and oxygen atoms in total. The van der Waals surface area contributed by atoms with Gasteiger partial charge in [0.25, 0.3) is 0 Å². The van der Waals surface area contributed by atoms with Crippen molar-refractivity contribution in [2.24, 2.45) is 0 Å². The molecule has 1 aromatic carbocycles. The van der Waals surface area contributed by atoms with E-state index in [0.717, 1.165) is 25.7 Å². The average molecular weight is 372 g/mol. The number of aromatic nitrogens is 2. The van der Waals surface area contributed by atoms with Gasteiger partial charge in [-0.25, -0.2) is 4.79 Å². The first-order valence-corrected chi connectivity index (χ1v) is 8.90. The smallest absolute Gasteiger partial charge is 0.319 e. The maximum Gasteiger partial charge on any atom is 0.319 e. The highest BCUT2D eigenvalue weighted by atomic mass is 16.5. The van der Waals surface area contributed by atoms with Crippen molar-refractivity contribution < 1.29 is 19.0 Å². The summed E-state index contributed by atoms with van der Waals surface area (Å²) in [4.78, 5) is 20.5. The largest absolute Gasteiger partial charge is 0.497 e. The molecule has 0 bridgehead atoms. The van der Waals surface area contributed by atoms with Crippen LogP contribution in [0, 0.1) is 0 Å². The van der Waals surface area contributed by atoms with Crippen LogP contribution in [0.15, 0.2) is 36.7 Å². The summed E-state index contributed by atoms with van der Waals surface area (Å²) in [7, 11) is 3.14. The highest BCUT2D eigenvalue weighted by Gasteiger charge is 2.24. The average Bonchev–Trinajstić information content (AvgIpc) is 2.69. The molecule has 1 saturated carbocycles. The zero-order valence-electron chi connectivity index (χ0n) is 15.5. The van der Waals surface area contributed by atoms with E-state index in [4.69, 9.17) is 14.2 Å². The molecule has 0 saturated heterocycles. The Hall–Kier alpha value is -3.03. The van der Waals surface area contributed by atoms with Crippen molar-refractivity contribution in [3.63, 3.8) is 0 Å². The van der Waals surface area contributed by atoms with Gasteiger partial charge in [0.2, 0.25) is 11.8 Å². The monoisotopic (exact) mass is 372 g/mol. The van der Waals surface area contributed by atoms with Crippen molar-refractivity contribution in [1.29, 1.82) is 0 Å². The van der Waals surface area contributed by atoms with Gasteiger partial charge < -0.3 is 24.8 Å². The van der Waals surface area contributed by atoms with Gasteiger partial charge in [-0.05, 0) is 37.8 Å². The van der Waals surface area contributed by atoms with E-state index in [9.17, 15) is 4.79 Å². The van der Waals surface area contributed by atoms with Crippen LogP contribution in [0.1, 0.15) is 25.7 Å². The SMILES string of the molecule is COc1cccc(NC(=O)NC2CCC(Oc3cncc(OC)n3)CC2)c1. The Bertz CT molecular complexity index is 763. The number of rotatable bonds is 6. The third-order valence-electron chi connectivity index (χ3n) is 4.42. The molecule has 1 aliphatic carbocycles. The minimum Gasteiger partial charge on any atom is -0.497 e. The summed E-state index contributed by atoms with van der Waals surface area (Å²) < 4.78 is 16.1. The number of benzene rings is 1. The van der Waals surface area contributed by atoms with Gasteiger partial charge in [0.15, 0.2) is 0 Å². The van der Waals surface area contributed by atoms with Crippen LogP contribution in [0.25, 0.3) is 0 Å². The third-order valence-corrected chi connectivity index (χ3v) is 4.42. The second kappa shape index (κ2) is 9.07. The minimum absolute atomic E-state index is 0.0610. The summed E-state index contributed by atoms with van der Waals surface area (Å²) in [5.74, 6) is 1.59. The van der Waals surface area contributed by atoms with Crippen LogP contribution >= 0.6 is 0 Å². The Kier molecular flexibility index (Phi) is 6.30. The molecule has 0 radical (unpaired) electrons. The lowest BCUT2D eigenvalue weighted by Gasteiger charge is -2.29. The van der Waals surface area contributed by atoms with Gasteiger partial charge in [-0.2, -0.15) is 4.98 Å². The van der Waals surface area contributed by atoms with Gasteiger partial charge in [0.05, 0.1) is 26.6 Å². The fourth-order valence-electron chi connectivity index (χ4n) is 3.04. The number of ether oxygens (including phenoxy) is 3. The molecule has 1 aromatic heterocycles. The predicted octanol–water partition coefficient (Wildman–Crippen LogP) is 3.01. The van der Waals surface area contributed by atoms with E-state index in [2.05, 4.69) is 20.6 Å². The van der Waals surface area contributed by atoms with E-state index in [0.29, 0.717) is 23.2 Å². The predicted molar refractivity (Wildman–Crippen MR) is 100 cm³/mol. The number of anilines is 1. The van der Waals surface area contributed by atoms with Crippen molar-refractivity contribution in [1.82, 2.24) is 15.3 Å². The topological polar surface area (TPSA) is 94.6 Å². The Morgan fingerprint density at radius 1 is 1.07 bits per heavy atom. The summed E-state index contributed by atoms with van der Waals surface area (Å²) in [6.07, 6.45) is 6.53. The van der Waals surface area contributed by atoms with Crippen LogP contribution in [0.4, 0.5) is 10.5 Å². The van der Waals surface area contributed by atoms with E-state index >= 15 is 0 Å². The maximum atomic E-state index is 12.2. The number of methoxy groups -OCH3 is 2. The fraction of sp³-hybridized carbons (Fsp3) is 0.421. The van der Waals surface area contributed by atoms with Crippen LogP contribution in [-0.2, 0) is 0 Å². The molecule has 2 amide bonds. The molecule has 3 rings (SSSR count). The Morgan fingerprint density at radius 2 is 1.85 bits per heavy atom. The number of urea groups is 1. The molecule has 2 N–H and O–H groups in total. The van der Waals surface area contributed by atoms with Crippen LogP contribution in [-0.4, -0.2) is 42.4 Å². The minimum atomic E-state index is -0.216. The standard InChI is InChI=1S/C19H24N4O4/c1-25-16-5-3-4-14(10-16)22-19(24)21-13-6-8-15(9-7-13)27-18-12-20-11-17(23-18)26-2/h3-5,10-13,15H,6-9H2,1-2H3,(H2,21,22,24). The number of nitrogens with one attached hydrogen (secondary N) is 2. The highest BCUT2D eigenvalue weighted by molar-refractivity contribution is 5.89. The Balaban J connectivity index is 1.44. The molecule has 27 heavy (non-hydrogen) atoms. The van der Waals surface area contributed by atoms with E-state index in [-0.39, 0.29) is 18.2 Å². The highest BCUT2D eigenvalue weighted by Crippen LogP contribution is 2.24. The summed E-state index contributed by atoms with van der Waals surface area (Å²) in [5.41, 5.74) is 0.695. The molecule has 0 atom stereocenters. The third kappa shape index (κ3) is 5.47. The molecule has 144 valence electrons. The lowest BCUT2D eigenvalue weighted by atomic mass is 9.93. The van der Waals surface area contributed by atoms with Gasteiger partial charge in [-0.1, -0.05) is 6.07 Å². The van der Waals surface area contributed by atoms with Crippen molar-refractivity contribution in [2.45, 2.75) is 37.8 Å². The number of nitrogens with zero attached hydrogens (tertiary/aromatic N) is 2. The van der Waals surface area contributed by atoms with Crippen molar-refractivity contribution in [2.75, 3.05) is 19.5 Å². The van der Waals surface area contributed by atoms with Gasteiger partial charge >= 0.3 is 6.03 Å². The lowest BCUT2D eigenvalue weighted by molar-refractivity contribution is 0.134. The fourth-order valence-corrected chi connectivity index (χ4v) is 3.04. The van der Waals surface area contributed by atoms with E-state index in [1.807, 2.05) is 18.2 Å². The van der Waals surface area contributed by atoms with Gasteiger partial charge in [-0.3, -0.25) is 4.98 Å². The van der Waals surface area contributed by atoms with E-state index < -0.39 is 0 Å². The van der Waals surface area contributed by atoms with Crippen LogP contribution < -0.4 is 24.8 Å². The Labute approximate surface area is 158 Å². The van der Waals surface area contributed by atoms with Crippen molar-refractivity contribution in [3.05, 3.63) is 36.7 Å². The molecule has 8 heteroatoms. The first-order chi connectivity index (χ1) is 13.2. The molecule has 0 spiro atoms. The second-order valence-corrected chi connectivity index (χ2v) is 6.32. The van der Waals surface area contributed by atoms with E-state index in [1.54, 1.807) is 26.5 Å². The first-order valence-electron chi connectivity index (χ1n) is 8.90. The van der Waals surface area contributed by atoms with E-state index in [1.165, 1.54) is 6.20 Å². The number of hydrogen-bond acceptors (Lipinski definition) is 6. The molecule has 2 aromatic rings. The summed E-state index contributed by atoms with van der Waals surface area (Å²) in [5, 5.41) is 5.85. The molecule has 0 unspecified atom stereocenters. The summed E-state index contributed by atoms with van der Waals surface area (Å²) in [6, 6.07) is 7.16. The first kappa shape index (κ1) is 18.8. The zero-order valence-corrected chi connectivity index (χ0v) is 15.5. The van der Waals surface area contributed by atoms with Crippen LogP contribution in [0.3, 0.4) is 0 Å². The lowest BCUT2D eigenvalue weighted by Crippen LogP contribution is -2.41. The Morgan fingerprint density at radius 3 is 2.59 bits per heavy atom. The zero-order chi connectivity index (χ0) is 19.1. The number of carbonyl (C=O) groups is 1. The summed E-state index contributed by atoms with van der Waals surface area (Å²) in [6.45, 7) is 0. The van der Waals surface area contributed by atoms with Gasteiger partial charge in [-0.15, -0.1) is 0 Å². The van der Waals surface area contributed by atoms with Crippen LogP contribution in [0.2, 0.25) is 0 Å². The van der Waals surface area contributed by atoms with Crippen molar-refractivity contribution >= 4 is 11.7 Å². The molecule has 1 heterocycles.